The van der Waals surface area contributed by atoms with Crippen molar-refractivity contribution in [3.63, 3.8) is 0 Å². The third kappa shape index (κ3) is 10.5. The van der Waals surface area contributed by atoms with Crippen LogP contribution < -0.4 is 21.1 Å². The van der Waals surface area contributed by atoms with E-state index in [1.54, 1.807) is 24.3 Å². The predicted octanol–water partition coefficient (Wildman–Crippen LogP) is 4.75. The number of hydrogen-bond donors (Lipinski definition) is 3. The van der Waals surface area contributed by atoms with Crippen LogP contribution in [0, 0.1) is 17.2 Å². The molecule has 0 unspecified atom stereocenters. The Kier molecular flexibility index (Phi) is 14.5. The molecule has 0 radical (unpaired) electrons. The largest absolute Gasteiger partial charge is 0.457 e. The Morgan fingerprint density at radius 3 is 2.52 bits per heavy atom. The van der Waals surface area contributed by atoms with Gasteiger partial charge in [-0.25, -0.2) is 9.97 Å². The van der Waals surface area contributed by atoms with E-state index in [0.29, 0.717) is 41.8 Å². The first-order chi connectivity index (χ1) is 19.5. The highest BCUT2D eigenvalue weighted by Gasteiger charge is 2.20. The van der Waals surface area contributed by atoms with Gasteiger partial charge in [0, 0.05) is 13.1 Å². The summed E-state index contributed by atoms with van der Waals surface area (Å²) >= 11 is 0. The number of aromatic nitrogens is 2. The number of carbonyl (C=O) groups excluding carboxylic acids is 1. The number of piperidine rings is 1. The molecule has 2 aromatic rings. The van der Waals surface area contributed by atoms with Gasteiger partial charge in [-0.15, -0.1) is 0 Å². The second-order valence-corrected chi connectivity index (χ2v) is 9.17. The van der Waals surface area contributed by atoms with Crippen LogP contribution in [0.15, 0.2) is 79.4 Å². The number of carbonyl (C=O) groups is 1. The lowest BCUT2D eigenvalue weighted by atomic mass is 9.96. The molecule has 0 bridgehead atoms. The normalized spacial score (nSPS) is 14.3. The minimum Gasteiger partial charge on any atom is -0.457 e. The van der Waals surface area contributed by atoms with Crippen LogP contribution in [0.5, 0.6) is 5.75 Å². The van der Waals surface area contributed by atoms with Crippen LogP contribution in [-0.2, 0) is 4.79 Å². The molecule has 0 amide bonds. The molecular formula is C31H41N7O2. The van der Waals surface area contributed by atoms with Crippen molar-refractivity contribution in [3.8, 4) is 22.9 Å². The SMILES string of the molecule is C=C/C=C(\C=C)Oc1ccc(-c2c(N)ncnc2NCC2CCN(CC/C=C(/C#N)C=O)CC2)cc1.CCNC. The minimum atomic E-state index is 0.197. The van der Waals surface area contributed by atoms with Crippen molar-refractivity contribution in [3.05, 3.63) is 79.4 Å². The number of hydrogen-bond acceptors (Lipinski definition) is 9. The van der Waals surface area contributed by atoms with E-state index < -0.39 is 0 Å². The summed E-state index contributed by atoms with van der Waals surface area (Å²) in [6.45, 7) is 14.2. The number of allylic oxidation sites excluding steroid dienone is 4. The highest BCUT2D eigenvalue weighted by molar-refractivity contribution is 5.83. The van der Waals surface area contributed by atoms with Crippen LogP contribution in [0.1, 0.15) is 26.2 Å². The standard InChI is InChI=1S/C28H32N6O2.C3H9N/c1-3-6-24(4-2)36-25-10-8-23(9-11-25)26-27(30)32-20-33-28(26)31-18-21-12-15-34(16-13-21)14-5-7-22(17-29)19-35;1-3-4-2/h3-4,6-11,19-21H,1-2,5,12-16,18H2,(H3,30,31,32,33);4H,3H2,1-2H3/b22-7-,24-6+;. The summed E-state index contributed by atoms with van der Waals surface area (Å²) < 4.78 is 5.80. The lowest BCUT2D eigenvalue weighted by molar-refractivity contribution is -0.104. The van der Waals surface area contributed by atoms with E-state index >= 15 is 0 Å². The molecule has 9 heteroatoms. The Labute approximate surface area is 238 Å². The van der Waals surface area contributed by atoms with Gasteiger partial charge in [-0.1, -0.05) is 44.4 Å². The molecule has 0 spiro atoms. The molecule has 9 nitrogen and oxygen atoms in total. The molecule has 3 rings (SSSR count). The van der Waals surface area contributed by atoms with Crippen molar-refractivity contribution in [2.24, 2.45) is 5.92 Å². The van der Waals surface area contributed by atoms with E-state index in [1.165, 1.54) is 6.33 Å². The molecule has 212 valence electrons. The number of anilines is 2. The van der Waals surface area contributed by atoms with E-state index in [2.05, 4.69) is 45.6 Å². The zero-order valence-electron chi connectivity index (χ0n) is 23.6. The fraction of sp³-hybridized carbons (Fsp3) is 0.355. The zero-order chi connectivity index (χ0) is 29.2. The summed E-state index contributed by atoms with van der Waals surface area (Å²) in [6, 6.07) is 9.49. The predicted molar refractivity (Wildman–Crippen MR) is 163 cm³/mol. The minimum absolute atomic E-state index is 0.197. The van der Waals surface area contributed by atoms with Crippen LogP contribution in [-0.4, -0.2) is 60.9 Å². The van der Waals surface area contributed by atoms with Gasteiger partial charge in [0.05, 0.1) is 11.1 Å². The van der Waals surface area contributed by atoms with Crippen molar-refractivity contribution >= 4 is 17.9 Å². The van der Waals surface area contributed by atoms with E-state index in [-0.39, 0.29) is 5.57 Å². The van der Waals surface area contributed by atoms with Crippen LogP contribution >= 0.6 is 0 Å². The van der Waals surface area contributed by atoms with Gasteiger partial charge in [0.2, 0.25) is 0 Å². The van der Waals surface area contributed by atoms with E-state index in [1.807, 2.05) is 37.4 Å². The molecule has 1 aromatic heterocycles. The molecule has 40 heavy (non-hydrogen) atoms. The number of nitriles is 1. The summed E-state index contributed by atoms with van der Waals surface area (Å²) in [7, 11) is 1.93. The molecule has 1 saturated heterocycles. The summed E-state index contributed by atoms with van der Waals surface area (Å²) in [4.78, 5) is 21.7. The first-order valence-electron chi connectivity index (χ1n) is 13.5. The topological polar surface area (TPSA) is 129 Å². The number of aldehydes is 1. The number of ether oxygens (including phenoxy) is 1. The van der Waals surface area contributed by atoms with E-state index in [4.69, 9.17) is 15.7 Å². The summed E-state index contributed by atoms with van der Waals surface area (Å²) in [5.74, 6) is 2.91. The van der Waals surface area contributed by atoms with Gasteiger partial charge in [-0.05, 0) is 81.7 Å². The fourth-order valence-electron chi connectivity index (χ4n) is 4.08. The first-order valence-corrected chi connectivity index (χ1v) is 13.5. The second-order valence-electron chi connectivity index (χ2n) is 9.17. The van der Waals surface area contributed by atoms with Gasteiger partial charge in [-0.3, -0.25) is 4.79 Å². The molecule has 1 aliphatic rings. The van der Waals surface area contributed by atoms with Gasteiger partial charge in [0.1, 0.15) is 35.5 Å². The first kappa shape index (κ1) is 32.0. The number of benzene rings is 1. The molecule has 1 fully saturated rings. The average Bonchev–Trinajstić information content (AvgIpc) is 2.99. The van der Waals surface area contributed by atoms with Gasteiger partial charge >= 0.3 is 0 Å². The molecule has 0 saturated carbocycles. The van der Waals surface area contributed by atoms with Crippen molar-refractivity contribution in [1.82, 2.24) is 20.2 Å². The number of nitrogens with zero attached hydrogens (tertiary/aromatic N) is 4. The Hall–Kier alpha value is -4.26. The second kappa shape index (κ2) is 18.1. The molecule has 0 aliphatic carbocycles. The summed E-state index contributed by atoms with van der Waals surface area (Å²) in [5, 5.41) is 15.2. The average molecular weight is 544 g/mol. The van der Waals surface area contributed by atoms with Gasteiger partial charge < -0.3 is 26.0 Å². The van der Waals surface area contributed by atoms with Gasteiger partial charge in [0.15, 0.2) is 6.29 Å². The molecule has 1 aliphatic heterocycles. The van der Waals surface area contributed by atoms with E-state index in [0.717, 1.165) is 56.7 Å². The van der Waals surface area contributed by atoms with Crippen molar-refractivity contribution in [2.45, 2.75) is 26.2 Å². The Morgan fingerprint density at radius 1 is 1.25 bits per heavy atom. The number of rotatable bonds is 13. The Balaban J connectivity index is 0.00000131. The fourth-order valence-corrected chi connectivity index (χ4v) is 4.08. The van der Waals surface area contributed by atoms with Crippen LogP contribution in [0.25, 0.3) is 11.1 Å². The number of likely N-dealkylation sites (tertiary alicyclic amines) is 1. The lowest BCUT2D eigenvalue weighted by Gasteiger charge is -2.32. The van der Waals surface area contributed by atoms with Crippen molar-refractivity contribution < 1.29 is 9.53 Å². The van der Waals surface area contributed by atoms with Crippen LogP contribution in [0.2, 0.25) is 0 Å². The highest BCUT2D eigenvalue weighted by atomic mass is 16.5. The zero-order valence-corrected chi connectivity index (χ0v) is 23.6. The number of nitrogens with two attached hydrogens (primary N) is 1. The van der Waals surface area contributed by atoms with Crippen molar-refractivity contribution in [1.29, 1.82) is 5.26 Å². The Morgan fingerprint density at radius 2 is 1.95 bits per heavy atom. The van der Waals surface area contributed by atoms with Gasteiger partial charge in [-0.2, -0.15) is 5.26 Å². The molecule has 2 heterocycles. The molecule has 4 N–H and O–H groups in total. The highest BCUT2D eigenvalue weighted by Crippen LogP contribution is 2.32. The quantitative estimate of drug-likeness (QED) is 0.108. The third-order valence-corrected chi connectivity index (χ3v) is 6.42. The monoisotopic (exact) mass is 543 g/mol. The van der Waals surface area contributed by atoms with Crippen molar-refractivity contribution in [2.75, 3.05) is 50.8 Å². The van der Waals surface area contributed by atoms with E-state index in [9.17, 15) is 4.79 Å². The number of nitrogen functional groups attached to an aromatic ring is 1. The molecule has 0 atom stereocenters. The Bertz CT molecular complexity index is 1190. The maximum absolute atomic E-state index is 10.7. The summed E-state index contributed by atoms with van der Waals surface area (Å²) in [6.07, 6.45) is 11.6. The van der Waals surface area contributed by atoms with Crippen LogP contribution in [0.4, 0.5) is 11.6 Å². The van der Waals surface area contributed by atoms with Gasteiger partial charge in [0.25, 0.3) is 0 Å². The maximum Gasteiger partial charge on any atom is 0.160 e. The lowest BCUT2D eigenvalue weighted by Crippen LogP contribution is -2.36. The van der Waals surface area contributed by atoms with Crippen LogP contribution in [0.3, 0.4) is 0 Å². The molecule has 1 aromatic carbocycles. The summed E-state index contributed by atoms with van der Waals surface area (Å²) in [5.41, 5.74) is 8.10. The number of nitrogens with one attached hydrogen (secondary N) is 2. The third-order valence-electron chi connectivity index (χ3n) is 6.42. The maximum atomic E-state index is 10.7. The molecular weight excluding hydrogens is 502 g/mol. The smallest absolute Gasteiger partial charge is 0.160 e.